The minimum atomic E-state index is -0.688. The van der Waals surface area contributed by atoms with Crippen molar-refractivity contribution in [2.24, 2.45) is 0 Å². The van der Waals surface area contributed by atoms with E-state index in [0.29, 0.717) is 5.69 Å². The lowest BCUT2D eigenvalue weighted by atomic mass is 10.2. The third kappa shape index (κ3) is 3.11. The van der Waals surface area contributed by atoms with Crippen molar-refractivity contribution in [3.8, 4) is 0 Å². The molecule has 7 heteroatoms. The predicted molar refractivity (Wildman–Crippen MR) is 77.2 cm³/mol. The number of carbonyl (C=O) groups excluding carboxylic acids is 1. The highest BCUT2D eigenvalue weighted by molar-refractivity contribution is 14.1. The fraction of sp³-hybridized carbons (Fsp3) is 0.0833. The Morgan fingerprint density at radius 1 is 1.37 bits per heavy atom. The van der Waals surface area contributed by atoms with Crippen LogP contribution in [0.15, 0.2) is 34.7 Å². The van der Waals surface area contributed by atoms with Gasteiger partial charge in [-0.2, -0.15) is 0 Å². The summed E-state index contributed by atoms with van der Waals surface area (Å²) in [5.41, 5.74) is 1.55. The van der Waals surface area contributed by atoms with Gasteiger partial charge in [-0.25, -0.2) is 0 Å². The van der Waals surface area contributed by atoms with E-state index in [1.165, 1.54) is 6.07 Å². The first-order chi connectivity index (χ1) is 8.97. The second kappa shape index (κ2) is 5.39. The molecule has 0 unspecified atom stereocenters. The van der Waals surface area contributed by atoms with Crippen LogP contribution in [0.2, 0.25) is 0 Å². The lowest BCUT2D eigenvalue weighted by Crippen LogP contribution is -2.11. The number of benzene rings is 1. The van der Waals surface area contributed by atoms with Gasteiger partial charge in [0.2, 0.25) is 0 Å². The molecule has 0 aliphatic carbocycles. The van der Waals surface area contributed by atoms with E-state index in [0.717, 1.165) is 15.2 Å². The highest BCUT2D eigenvalue weighted by Crippen LogP contribution is 2.20. The SMILES string of the molecule is Cc1cc(I)ccc1NC(=O)c1ccc([N+](=O)[O-])o1. The molecule has 0 atom stereocenters. The van der Waals surface area contributed by atoms with Crippen LogP contribution in [0.1, 0.15) is 16.1 Å². The van der Waals surface area contributed by atoms with Crippen molar-refractivity contribution in [3.63, 3.8) is 0 Å². The summed E-state index contributed by atoms with van der Waals surface area (Å²) in [7, 11) is 0. The maximum Gasteiger partial charge on any atom is 0.433 e. The standard InChI is InChI=1S/C12H9IN2O4/c1-7-6-8(13)2-3-9(7)14-12(16)10-4-5-11(19-10)15(17)18/h2-6H,1H3,(H,14,16). The third-order valence-electron chi connectivity index (χ3n) is 2.43. The van der Waals surface area contributed by atoms with Crippen molar-refractivity contribution in [2.45, 2.75) is 6.92 Å². The average molecular weight is 372 g/mol. The summed E-state index contributed by atoms with van der Waals surface area (Å²) in [6, 6.07) is 7.96. The number of nitrogens with zero attached hydrogens (tertiary/aromatic N) is 1. The van der Waals surface area contributed by atoms with Gasteiger partial charge in [-0.1, -0.05) is 0 Å². The summed E-state index contributed by atoms with van der Waals surface area (Å²) in [6.45, 7) is 1.86. The largest absolute Gasteiger partial charge is 0.433 e. The lowest BCUT2D eigenvalue weighted by Gasteiger charge is -2.06. The number of furan rings is 1. The summed E-state index contributed by atoms with van der Waals surface area (Å²) in [5, 5.41) is 13.1. The topological polar surface area (TPSA) is 85.4 Å². The monoisotopic (exact) mass is 372 g/mol. The van der Waals surface area contributed by atoms with Crippen molar-refractivity contribution in [1.29, 1.82) is 0 Å². The number of carbonyl (C=O) groups is 1. The maximum absolute atomic E-state index is 11.9. The fourth-order valence-electron chi connectivity index (χ4n) is 1.50. The van der Waals surface area contributed by atoms with Crippen molar-refractivity contribution < 1.29 is 14.1 Å². The van der Waals surface area contributed by atoms with Gasteiger partial charge < -0.3 is 9.73 Å². The number of hydrogen-bond acceptors (Lipinski definition) is 4. The molecule has 98 valence electrons. The van der Waals surface area contributed by atoms with Gasteiger partial charge in [-0.05, 0) is 59.3 Å². The van der Waals surface area contributed by atoms with Gasteiger partial charge >= 0.3 is 5.88 Å². The van der Waals surface area contributed by atoms with E-state index >= 15 is 0 Å². The highest BCUT2D eigenvalue weighted by atomic mass is 127. The van der Waals surface area contributed by atoms with Crippen LogP contribution in [0, 0.1) is 20.6 Å². The van der Waals surface area contributed by atoms with Crippen molar-refractivity contribution in [2.75, 3.05) is 5.32 Å². The van der Waals surface area contributed by atoms with Gasteiger partial charge in [0.1, 0.15) is 4.92 Å². The third-order valence-corrected chi connectivity index (χ3v) is 3.10. The first-order valence-corrected chi connectivity index (χ1v) is 6.37. The van der Waals surface area contributed by atoms with Gasteiger partial charge in [0.25, 0.3) is 5.91 Å². The number of aryl methyl sites for hydroxylation is 1. The molecule has 1 N–H and O–H groups in total. The summed E-state index contributed by atoms with van der Waals surface area (Å²) >= 11 is 2.17. The number of hydrogen-bond donors (Lipinski definition) is 1. The average Bonchev–Trinajstić information content (AvgIpc) is 2.82. The number of anilines is 1. The van der Waals surface area contributed by atoms with Crippen LogP contribution in [-0.4, -0.2) is 10.8 Å². The summed E-state index contributed by atoms with van der Waals surface area (Å²) in [6.07, 6.45) is 0. The zero-order chi connectivity index (χ0) is 14.0. The molecule has 0 radical (unpaired) electrons. The molecule has 0 saturated heterocycles. The van der Waals surface area contributed by atoms with E-state index in [4.69, 9.17) is 4.42 Å². The first-order valence-electron chi connectivity index (χ1n) is 5.29. The summed E-state index contributed by atoms with van der Waals surface area (Å²) in [4.78, 5) is 21.6. The molecule has 6 nitrogen and oxygen atoms in total. The molecule has 0 bridgehead atoms. The van der Waals surface area contributed by atoms with E-state index < -0.39 is 16.7 Å². The van der Waals surface area contributed by atoms with E-state index in [2.05, 4.69) is 27.9 Å². The molecule has 1 aromatic heterocycles. The van der Waals surface area contributed by atoms with Crippen molar-refractivity contribution in [3.05, 3.63) is 55.3 Å². The van der Waals surface area contributed by atoms with Crippen LogP contribution in [0.25, 0.3) is 0 Å². The van der Waals surface area contributed by atoms with Gasteiger partial charge in [0, 0.05) is 9.26 Å². The van der Waals surface area contributed by atoms with Crippen LogP contribution in [0.4, 0.5) is 11.6 Å². The molecular weight excluding hydrogens is 363 g/mol. The zero-order valence-corrected chi connectivity index (χ0v) is 12.0. The van der Waals surface area contributed by atoms with Crippen LogP contribution < -0.4 is 5.32 Å². The Balaban J connectivity index is 2.18. The first kappa shape index (κ1) is 13.5. The van der Waals surface area contributed by atoms with Crippen LogP contribution >= 0.6 is 22.6 Å². The Labute approximate surface area is 122 Å². The lowest BCUT2D eigenvalue weighted by molar-refractivity contribution is -0.402. The maximum atomic E-state index is 11.9. The molecule has 0 aliphatic heterocycles. The molecule has 2 rings (SSSR count). The second-order valence-corrected chi connectivity index (χ2v) is 5.05. The summed E-state index contributed by atoms with van der Waals surface area (Å²) < 4.78 is 5.89. The quantitative estimate of drug-likeness (QED) is 0.509. The molecule has 0 fully saturated rings. The Hall–Kier alpha value is -1.90. The fourth-order valence-corrected chi connectivity index (χ4v) is 2.15. The Kier molecular flexibility index (Phi) is 3.84. The normalized spacial score (nSPS) is 10.2. The Morgan fingerprint density at radius 2 is 2.11 bits per heavy atom. The molecule has 1 amide bonds. The van der Waals surface area contributed by atoms with E-state index in [1.807, 2.05) is 19.1 Å². The molecule has 0 spiro atoms. The molecule has 1 heterocycles. The van der Waals surface area contributed by atoms with E-state index in [1.54, 1.807) is 6.07 Å². The smallest absolute Gasteiger partial charge is 0.395 e. The Bertz CT molecular complexity index is 651. The molecule has 1 aromatic carbocycles. The van der Waals surface area contributed by atoms with Crippen LogP contribution in [-0.2, 0) is 0 Å². The molecule has 0 saturated carbocycles. The Morgan fingerprint density at radius 3 is 2.68 bits per heavy atom. The number of halogens is 1. The van der Waals surface area contributed by atoms with Gasteiger partial charge in [-0.3, -0.25) is 14.9 Å². The second-order valence-electron chi connectivity index (χ2n) is 3.81. The number of rotatable bonds is 3. The van der Waals surface area contributed by atoms with Crippen molar-refractivity contribution in [1.82, 2.24) is 0 Å². The van der Waals surface area contributed by atoms with Gasteiger partial charge in [-0.15, -0.1) is 0 Å². The number of nitrogens with one attached hydrogen (secondary N) is 1. The number of amides is 1. The summed E-state index contributed by atoms with van der Waals surface area (Å²) in [5.74, 6) is -1.06. The molecule has 19 heavy (non-hydrogen) atoms. The molecule has 2 aromatic rings. The molecular formula is C12H9IN2O4. The highest BCUT2D eigenvalue weighted by Gasteiger charge is 2.17. The van der Waals surface area contributed by atoms with Gasteiger partial charge in [0.15, 0.2) is 5.76 Å². The van der Waals surface area contributed by atoms with E-state index in [-0.39, 0.29) is 5.76 Å². The minimum absolute atomic E-state index is 0.0929. The zero-order valence-electron chi connectivity index (χ0n) is 9.84. The minimum Gasteiger partial charge on any atom is -0.395 e. The van der Waals surface area contributed by atoms with Gasteiger partial charge in [0.05, 0.1) is 6.07 Å². The molecule has 0 aliphatic rings. The number of nitro groups is 1. The van der Waals surface area contributed by atoms with Crippen LogP contribution in [0.3, 0.4) is 0 Å². The van der Waals surface area contributed by atoms with Crippen molar-refractivity contribution >= 4 is 40.1 Å². The van der Waals surface area contributed by atoms with E-state index in [9.17, 15) is 14.9 Å². The predicted octanol–water partition coefficient (Wildman–Crippen LogP) is 3.35. The van der Waals surface area contributed by atoms with Crippen LogP contribution in [0.5, 0.6) is 0 Å².